The molecule has 3 rings (SSSR count). The van der Waals surface area contributed by atoms with Gasteiger partial charge in [0.05, 0.1) is 18.2 Å². The third-order valence-corrected chi connectivity index (χ3v) is 3.94. The van der Waals surface area contributed by atoms with E-state index in [0.717, 1.165) is 16.5 Å². The van der Waals surface area contributed by atoms with Crippen LogP contribution in [0, 0.1) is 5.41 Å². The van der Waals surface area contributed by atoms with Crippen LogP contribution < -0.4 is 4.90 Å². The summed E-state index contributed by atoms with van der Waals surface area (Å²) in [5.41, 5.74) is 0.808. The Morgan fingerprint density at radius 1 is 1.19 bits per heavy atom. The lowest BCUT2D eigenvalue weighted by Gasteiger charge is -2.28. The summed E-state index contributed by atoms with van der Waals surface area (Å²) in [6.45, 7) is 3.87. The van der Waals surface area contributed by atoms with E-state index in [4.69, 9.17) is 4.74 Å². The van der Waals surface area contributed by atoms with E-state index in [2.05, 4.69) is 0 Å². The maximum absolute atomic E-state index is 12.6. The van der Waals surface area contributed by atoms with Crippen LogP contribution in [0.25, 0.3) is 10.8 Å². The molecule has 0 N–H and O–H groups in total. The zero-order valence-electron chi connectivity index (χ0n) is 12.3. The Labute approximate surface area is 123 Å². The molecule has 0 aliphatic carbocycles. The molecule has 0 fully saturated rings. The molecule has 1 heterocycles. The van der Waals surface area contributed by atoms with Crippen molar-refractivity contribution in [3.05, 3.63) is 42.0 Å². The topological polar surface area (TPSA) is 46.6 Å². The molecule has 108 valence electrons. The summed E-state index contributed by atoms with van der Waals surface area (Å²) in [7, 11) is 1.37. The molecule has 4 nitrogen and oxygen atoms in total. The van der Waals surface area contributed by atoms with Crippen molar-refractivity contribution in [2.75, 3.05) is 18.6 Å². The SMILES string of the molecule is COC(=O)C(C)(C)CN1C(=O)c2cccc3cccc1c23. The zero-order valence-corrected chi connectivity index (χ0v) is 12.3. The number of methoxy groups -OCH3 is 1. The summed E-state index contributed by atoms with van der Waals surface area (Å²) < 4.78 is 4.83. The highest BCUT2D eigenvalue weighted by molar-refractivity contribution is 6.25. The first-order chi connectivity index (χ1) is 9.95. The normalized spacial score (nSPS) is 13.9. The second-order valence-electron chi connectivity index (χ2n) is 5.95. The van der Waals surface area contributed by atoms with E-state index in [-0.39, 0.29) is 11.9 Å². The van der Waals surface area contributed by atoms with E-state index in [1.165, 1.54) is 7.11 Å². The summed E-state index contributed by atoms with van der Waals surface area (Å²) in [4.78, 5) is 26.2. The molecule has 0 aromatic heterocycles. The summed E-state index contributed by atoms with van der Waals surface area (Å²) >= 11 is 0. The molecule has 1 aliphatic rings. The first kappa shape index (κ1) is 13.6. The Morgan fingerprint density at radius 3 is 2.52 bits per heavy atom. The predicted octanol–water partition coefficient (Wildman–Crippen LogP) is 3.00. The Morgan fingerprint density at radius 2 is 1.86 bits per heavy atom. The molecule has 0 saturated carbocycles. The maximum atomic E-state index is 12.6. The number of anilines is 1. The van der Waals surface area contributed by atoms with Gasteiger partial charge in [-0.15, -0.1) is 0 Å². The van der Waals surface area contributed by atoms with Crippen LogP contribution in [-0.4, -0.2) is 25.5 Å². The van der Waals surface area contributed by atoms with Gasteiger partial charge < -0.3 is 9.64 Å². The molecule has 0 atom stereocenters. The number of hydrogen-bond acceptors (Lipinski definition) is 3. The van der Waals surface area contributed by atoms with Gasteiger partial charge in [0.1, 0.15) is 0 Å². The van der Waals surface area contributed by atoms with Gasteiger partial charge in [-0.05, 0) is 31.4 Å². The second-order valence-corrected chi connectivity index (χ2v) is 5.95. The lowest BCUT2D eigenvalue weighted by Crippen LogP contribution is -2.41. The van der Waals surface area contributed by atoms with Crippen LogP contribution in [0.2, 0.25) is 0 Å². The van der Waals surface area contributed by atoms with Crippen molar-refractivity contribution in [2.24, 2.45) is 5.41 Å². The number of esters is 1. The van der Waals surface area contributed by atoms with Crippen molar-refractivity contribution >= 4 is 28.3 Å². The highest BCUT2D eigenvalue weighted by Gasteiger charge is 2.37. The monoisotopic (exact) mass is 283 g/mol. The molecule has 0 bridgehead atoms. The van der Waals surface area contributed by atoms with E-state index < -0.39 is 5.41 Å². The third-order valence-electron chi connectivity index (χ3n) is 3.94. The molecule has 4 heteroatoms. The third kappa shape index (κ3) is 1.98. The summed E-state index contributed by atoms with van der Waals surface area (Å²) in [5, 5.41) is 2.00. The number of nitrogens with zero attached hydrogens (tertiary/aromatic N) is 1. The number of carbonyl (C=O) groups excluding carboxylic acids is 2. The molecular weight excluding hydrogens is 266 g/mol. The van der Waals surface area contributed by atoms with Crippen molar-refractivity contribution in [2.45, 2.75) is 13.8 Å². The van der Waals surface area contributed by atoms with Crippen molar-refractivity contribution in [3.63, 3.8) is 0 Å². The molecular formula is C17H17NO3. The standard InChI is InChI=1S/C17H17NO3/c1-17(2,16(20)21-3)10-18-13-9-5-7-11-6-4-8-12(14(11)13)15(18)19/h4-9H,10H2,1-3H3. The van der Waals surface area contributed by atoms with Gasteiger partial charge in [-0.1, -0.05) is 24.3 Å². The van der Waals surface area contributed by atoms with Gasteiger partial charge in [-0.3, -0.25) is 9.59 Å². The molecule has 1 amide bonds. The Kier molecular flexibility index (Phi) is 2.97. The van der Waals surface area contributed by atoms with Crippen LogP contribution in [0.4, 0.5) is 5.69 Å². The minimum absolute atomic E-state index is 0.0567. The van der Waals surface area contributed by atoms with Crippen molar-refractivity contribution < 1.29 is 14.3 Å². The van der Waals surface area contributed by atoms with Gasteiger partial charge in [0.25, 0.3) is 5.91 Å². The first-order valence-electron chi connectivity index (χ1n) is 6.88. The molecule has 0 spiro atoms. The lowest BCUT2D eigenvalue weighted by molar-refractivity contribution is -0.150. The van der Waals surface area contributed by atoms with Crippen LogP contribution >= 0.6 is 0 Å². The van der Waals surface area contributed by atoms with Crippen molar-refractivity contribution in [1.29, 1.82) is 0 Å². The van der Waals surface area contributed by atoms with Gasteiger partial charge >= 0.3 is 5.97 Å². The van der Waals surface area contributed by atoms with E-state index in [1.54, 1.807) is 18.7 Å². The Balaban J connectivity index is 2.06. The number of amides is 1. The molecule has 1 aliphatic heterocycles. The minimum atomic E-state index is -0.755. The van der Waals surface area contributed by atoms with Gasteiger partial charge in [0, 0.05) is 17.5 Å². The smallest absolute Gasteiger partial charge is 0.313 e. The largest absolute Gasteiger partial charge is 0.469 e. The number of rotatable bonds is 3. The molecule has 21 heavy (non-hydrogen) atoms. The zero-order chi connectivity index (χ0) is 15.2. The van der Waals surface area contributed by atoms with Crippen LogP contribution in [0.5, 0.6) is 0 Å². The number of carbonyl (C=O) groups is 2. The molecule has 0 saturated heterocycles. The van der Waals surface area contributed by atoms with Crippen LogP contribution in [0.3, 0.4) is 0 Å². The van der Waals surface area contributed by atoms with Crippen LogP contribution in [0.1, 0.15) is 24.2 Å². The highest BCUT2D eigenvalue weighted by atomic mass is 16.5. The highest BCUT2D eigenvalue weighted by Crippen LogP contribution is 2.38. The minimum Gasteiger partial charge on any atom is -0.469 e. The number of hydrogen-bond donors (Lipinski definition) is 0. The Hall–Kier alpha value is -2.36. The van der Waals surface area contributed by atoms with Gasteiger partial charge in [0.2, 0.25) is 0 Å². The van der Waals surface area contributed by atoms with E-state index in [9.17, 15) is 9.59 Å². The van der Waals surface area contributed by atoms with E-state index in [1.807, 2.05) is 36.4 Å². The van der Waals surface area contributed by atoms with Gasteiger partial charge in [-0.2, -0.15) is 0 Å². The number of ether oxygens (including phenoxy) is 1. The number of benzene rings is 2. The first-order valence-corrected chi connectivity index (χ1v) is 6.88. The van der Waals surface area contributed by atoms with Gasteiger partial charge in [-0.25, -0.2) is 0 Å². The molecule has 2 aromatic rings. The molecule has 0 radical (unpaired) electrons. The summed E-state index contributed by atoms with van der Waals surface area (Å²) in [6, 6.07) is 11.5. The van der Waals surface area contributed by atoms with E-state index >= 15 is 0 Å². The lowest BCUT2D eigenvalue weighted by atomic mass is 9.93. The fourth-order valence-electron chi connectivity index (χ4n) is 2.87. The van der Waals surface area contributed by atoms with Crippen LogP contribution in [0.15, 0.2) is 36.4 Å². The fraction of sp³-hybridized carbons (Fsp3) is 0.294. The molecule has 2 aromatic carbocycles. The fourth-order valence-corrected chi connectivity index (χ4v) is 2.87. The maximum Gasteiger partial charge on any atom is 0.313 e. The quantitative estimate of drug-likeness (QED) is 0.813. The molecule has 0 unspecified atom stereocenters. The predicted molar refractivity (Wildman–Crippen MR) is 81.4 cm³/mol. The van der Waals surface area contributed by atoms with Gasteiger partial charge in [0.15, 0.2) is 0 Å². The van der Waals surface area contributed by atoms with Crippen molar-refractivity contribution in [1.82, 2.24) is 0 Å². The van der Waals surface area contributed by atoms with Crippen LogP contribution in [-0.2, 0) is 9.53 Å². The summed E-state index contributed by atoms with van der Waals surface area (Å²) in [5.74, 6) is -0.378. The van der Waals surface area contributed by atoms with E-state index in [0.29, 0.717) is 12.1 Å². The van der Waals surface area contributed by atoms with Crippen molar-refractivity contribution in [3.8, 4) is 0 Å². The average Bonchev–Trinajstić information content (AvgIpc) is 2.74. The Bertz CT molecular complexity index is 744. The summed E-state index contributed by atoms with van der Waals surface area (Å²) in [6.07, 6.45) is 0. The second kappa shape index (κ2) is 4.58. The average molecular weight is 283 g/mol.